The lowest BCUT2D eigenvalue weighted by molar-refractivity contribution is -0.147. The lowest BCUT2D eigenvalue weighted by Crippen LogP contribution is -2.37. The van der Waals surface area contributed by atoms with Crippen molar-refractivity contribution in [3.05, 3.63) is 109 Å². The summed E-state index contributed by atoms with van der Waals surface area (Å²) < 4.78 is 10.6. The number of anilines is 2. The molecule has 0 saturated carbocycles. The molecule has 0 fully saturated rings. The number of nitriles is 1. The van der Waals surface area contributed by atoms with Crippen LogP contribution in [0.5, 0.6) is 11.5 Å². The average molecular weight is 568 g/mol. The Morgan fingerprint density at radius 3 is 2.29 bits per heavy atom. The van der Waals surface area contributed by atoms with Gasteiger partial charge in [-0.05, 0) is 42.0 Å². The van der Waals surface area contributed by atoms with Crippen LogP contribution in [-0.4, -0.2) is 41.5 Å². The van der Waals surface area contributed by atoms with Gasteiger partial charge in [0.05, 0.1) is 24.0 Å². The molecule has 9 heteroatoms. The first kappa shape index (κ1) is 29.2. The largest absolute Gasteiger partial charge is 0.504 e. The number of phenolic OH excluding ortho intramolecular Hbond substituents is 1. The Hall–Kier alpha value is -4.81. The Labute approximate surface area is 243 Å². The molecule has 0 radical (unpaired) electrons. The maximum absolute atomic E-state index is 13.6. The number of esters is 1. The van der Waals surface area contributed by atoms with Gasteiger partial charge in [0.1, 0.15) is 18.4 Å². The molecule has 0 saturated heterocycles. The van der Waals surface area contributed by atoms with Crippen molar-refractivity contribution in [3.63, 3.8) is 0 Å². The first-order valence-corrected chi connectivity index (χ1v) is 13.8. The number of carbonyl (C=O) groups is 2. The Balaban J connectivity index is 1.68. The molecule has 1 unspecified atom stereocenters. The Morgan fingerprint density at radius 1 is 1.10 bits per heavy atom. The molecule has 4 rings (SSSR count). The number of amides is 1. The quantitative estimate of drug-likeness (QED) is 0.250. The molecular weight excluding hydrogens is 538 g/mol. The van der Waals surface area contributed by atoms with Crippen LogP contribution in [0.25, 0.3) is 0 Å². The zero-order chi connectivity index (χ0) is 29.4. The third-order valence-corrected chi connectivity index (χ3v) is 7.58. The first-order chi connectivity index (χ1) is 19.9. The van der Waals surface area contributed by atoms with Crippen LogP contribution in [-0.2, 0) is 14.3 Å². The van der Waals surface area contributed by atoms with E-state index in [1.54, 1.807) is 17.0 Å². The van der Waals surface area contributed by atoms with Crippen LogP contribution in [0.4, 0.5) is 11.4 Å². The topological polar surface area (TPSA) is 112 Å². The van der Waals surface area contributed by atoms with E-state index in [0.29, 0.717) is 22.0 Å². The van der Waals surface area contributed by atoms with Gasteiger partial charge >= 0.3 is 5.97 Å². The number of hydrogen-bond acceptors (Lipinski definition) is 8. The monoisotopic (exact) mass is 567 g/mol. The molecule has 3 aromatic rings. The zero-order valence-corrected chi connectivity index (χ0v) is 23.3. The summed E-state index contributed by atoms with van der Waals surface area (Å²) in [6, 6.07) is 25.5. The highest BCUT2D eigenvalue weighted by Gasteiger charge is 2.45. The molecule has 41 heavy (non-hydrogen) atoms. The van der Waals surface area contributed by atoms with Crippen LogP contribution >= 0.6 is 11.8 Å². The van der Waals surface area contributed by atoms with Crippen molar-refractivity contribution in [3.8, 4) is 17.6 Å². The van der Waals surface area contributed by atoms with Gasteiger partial charge in [0.25, 0.3) is 0 Å². The number of carbonyl (C=O) groups excluding carboxylic acids is 2. The Bertz CT molecular complexity index is 1460. The van der Waals surface area contributed by atoms with Crippen molar-refractivity contribution in [1.82, 2.24) is 0 Å². The van der Waals surface area contributed by atoms with Gasteiger partial charge in [-0.25, -0.2) is 4.99 Å². The summed E-state index contributed by atoms with van der Waals surface area (Å²) in [4.78, 5) is 33.0. The number of ether oxygens (including phenoxy) is 2. The van der Waals surface area contributed by atoms with Crippen molar-refractivity contribution in [2.24, 2.45) is 16.8 Å². The Morgan fingerprint density at radius 2 is 1.73 bits per heavy atom. The number of nitrogens with zero attached hydrogens (tertiary/aromatic N) is 3. The number of aliphatic imine (C=N–C) groups is 1. The van der Waals surface area contributed by atoms with Crippen LogP contribution in [0, 0.1) is 23.2 Å². The fourth-order valence-corrected chi connectivity index (χ4v) is 5.64. The van der Waals surface area contributed by atoms with Gasteiger partial charge in [-0.3, -0.25) is 14.5 Å². The van der Waals surface area contributed by atoms with Gasteiger partial charge in [-0.2, -0.15) is 5.26 Å². The normalized spacial score (nSPS) is 18.0. The van der Waals surface area contributed by atoms with E-state index in [0.717, 1.165) is 11.8 Å². The minimum atomic E-state index is -0.973. The fraction of sp³-hybridized carbons (Fsp3) is 0.188. The van der Waals surface area contributed by atoms with E-state index < -0.39 is 23.7 Å². The lowest BCUT2D eigenvalue weighted by Gasteiger charge is -2.34. The molecule has 8 nitrogen and oxygen atoms in total. The summed E-state index contributed by atoms with van der Waals surface area (Å²) in [5.74, 6) is -3.37. The lowest BCUT2D eigenvalue weighted by atomic mass is 9.74. The highest BCUT2D eigenvalue weighted by molar-refractivity contribution is 8.14. The first-order valence-electron chi connectivity index (χ1n) is 12.8. The molecule has 0 spiro atoms. The highest BCUT2D eigenvalue weighted by Crippen LogP contribution is 2.45. The number of hydrogen-bond donors (Lipinski definition) is 1. The van der Waals surface area contributed by atoms with E-state index in [-0.39, 0.29) is 35.5 Å². The van der Waals surface area contributed by atoms with Crippen LogP contribution in [0.15, 0.2) is 109 Å². The summed E-state index contributed by atoms with van der Waals surface area (Å²) >= 11 is 1.13. The van der Waals surface area contributed by atoms with Gasteiger partial charge in [0, 0.05) is 23.0 Å². The predicted octanol–water partition coefficient (Wildman–Crippen LogP) is 5.99. The third-order valence-electron chi connectivity index (χ3n) is 6.54. The van der Waals surface area contributed by atoms with E-state index >= 15 is 0 Å². The molecule has 1 amide bonds. The standard InChI is InChI=1S/C32H29N3O5S/c1-4-17-40-32(38)29-21(2)34-31(25(19-33)30(29)22-15-16-26(36)27(18-22)39-3)41-20-28(37)35(23-11-7-5-8-12-23)24-13-9-6-10-14-24/h4-16,18,25,29-30,36H,1-2,17,20H2,3H3/t25?,29-,30+/m1/s1. The second-order valence-electron chi connectivity index (χ2n) is 9.09. The molecule has 0 aliphatic carbocycles. The molecule has 1 heterocycles. The van der Waals surface area contributed by atoms with Crippen LogP contribution in [0.2, 0.25) is 0 Å². The number of phenols is 1. The number of aromatic hydroxyl groups is 1. The Kier molecular flexibility index (Phi) is 9.61. The van der Waals surface area contributed by atoms with E-state index in [9.17, 15) is 20.0 Å². The fourth-order valence-electron chi connectivity index (χ4n) is 4.68. The van der Waals surface area contributed by atoms with E-state index in [2.05, 4.69) is 24.2 Å². The molecular formula is C32H29N3O5S. The second-order valence-corrected chi connectivity index (χ2v) is 10.1. The summed E-state index contributed by atoms with van der Waals surface area (Å²) in [7, 11) is 1.41. The van der Waals surface area contributed by atoms with Crippen LogP contribution in [0.1, 0.15) is 11.5 Å². The molecule has 1 aliphatic rings. The van der Waals surface area contributed by atoms with Gasteiger partial charge in [-0.15, -0.1) is 0 Å². The van der Waals surface area contributed by atoms with E-state index in [1.807, 2.05) is 60.7 Å². The van der Waals surface area contributed by atoms with Crippen LogP contribution < -0.4 is 9.64 Å². The minimum absolute atomic E-state index is 0.0138. The minimum Gasteiger partial charge on any atom is -0.504 e. The van der Waals surface area contributed by atoms with Crippen molar-refractivity contribution in [1.29, 1.82) is 5.26 Å². The zero-order valence-electron chi connectivity index (χ0n) is 22.5. The molecule has 1 N–H and O–H groups in total. The van der Waals surface area contributed by atoms with Gasteiger partial charge in [0.2, 0.25) is 5.91 Å². The molecule has 0 aromatic heterocycles. The van der Waals surface area contributed by atoms with Crippen molar-refractivity contribution < 1.29 is 24.2 Å². The molecule has 3 atom stereocenters. The van der Waals surface area contributed by atoms with Gasteiger partial charge in [-0.1, -0.05) is 73.5 Å². The number of methoxy groups -OCH3 is 1. The third kappa shape index (κ3) is 6.51. The summed E-state index contributed by atoms with van der Waals surface area (Å²) in [6.07, 6.45) is 1.45. The average Bonchev–Trinajstić information content (AvgIpc) is 3.00. The number of rotatable bonds is 9. The number of thioether (sulfide) groups is 1. The smallest absolute Gasteiger partial charge is 0.316 e. The predicted molar refractivity (Wildman–Crippen MR) is 160 cm³/mol. The molecule has 0 bridgehead atoms. The summed E-state index contributed by atoms with van der Waals surface area (Å²) in [5, 5.41) is 20.9. The number of para-hydroxylation sites is 2. The highest BCUT2D eigenvalue weighted by atomic mass is 32.2. The number of benzene rings is 3. The van der Waals surface area contributed by atoms with Crippen molar-refractivity contribution in [2.45, 2.75) is 5.92 Å². The molecule has 208 valence electrons. The molecule has 1 aliphatic heterocycles. The summed E-state index contributed by atoms with van der Waals surface area (Å²) in [5.41, 5.74) is 2.17. The van der Waals surface area contributed by atoms with Crippen LogP contribution in [0.3, 0.4) is 0 Å². The summed E-state index contributed by atoms with van der Waals surface area (Å²) in [6.45, 7) is 7.60. The molecule has 3 aromatic carbocycles. The van der Waals surface area contributed by atoms with Gasteiger partial charge in [0.15, 0.2) is 11.5 Å². The second kappa shape index (κ2) is 13.5. The van der Waals surface area contributed by atoms with E-state index in [1.165, 1.54) is 19.3 Å². The van der Waals surface area contributed by atoms with Crippen molar-refractivity contribution >= 4 is 40.1 Å². The van der Waals surface area contributed by atoms with E-state index in [4.69, 9.17) is 9.47 Å². The maximum atomic E-state index is 13.6. The van der Waals surface area contributed by atoms with Gasteiger partial charge < -0.3 is 14.6 Å². The SMILES string of the molecule is C=CCOC(=O)[C@@H]1C(=C)N=C(SCC(=O)N(c2ccccc2)c2ccccc2)C(C#N)[C@@H]1c1ccc(O)c(OC)c1. The van der Waals surface area contributed by atoms with Crippen molar-refractivity contribution in [2.75, 3.05) is 24.4 Å². The maximum Gasteiger partial charge on any atom is 0.316 e.